The van der Waals surface area contributed by atoms with Gasteiger partial charge in [0, 0.05) is 36.4 Å². The van der Waals surface area contributed by atoms with Gasteiger partial charge in [0.15, 0.2) is 5.72 Å². The predicted molar refractivity (Wildman–Crippen MR) is 98.8 cm³/mol. The Bertz CT molecular complexity index is 855. The lowest BCUT2D eigenvalue weighted by atomic mass is 9.82. The predicted octanol–water partition coefficient (Wildman–Crippen LogP) is -0.222. The lowest BCUT2D eigenvalue weighted by Crippen LogP contribution is -2.55. The fraction of sp³-hybridized carbons (Fsp3) is 0.632. The first-order valence-corrected chi connectivity index (χ1v) is 9.36. The highest BCUT2D eigenvalue weighted by Gasteiger charge is 2.72. The van der Waals surface area contributed by atoms with Crippen molar-refractivity contribution in [1.29, 1.82) is 0 Å². The quantitative estimate of drug-likeness (QED) is 0.443. The number of nitrogens with zero attached hydrogens (tertiary/aromatic N) is 1. The number of amides is 1. The van der Waals surface area contributed by atoms with Crippen molar-refractivity contribution in [3.05, 3.63) is 22.5 Å². The number of nitrogens with one attached hydrogen (secondary N) is 2. The third-order valence-corrected chi connectivity index (χ3v) is 5.93. The Hall–Kier alpha value is -2.39. The van der Waals surface area contributed by atoms with E-state index in [1.807, 2.05) is 25.7 Å². The molecule has 0 aromatic heterocycles. The third-order valence-electron chi connectivity index (χ3n) is 5.93. The van der Waals surface area contributed by atoms with Crippen LogP contribution >= 0.6 is 0 Å². The number of piperazine rings is 1. The van der Waals surface area contributed by atoms with Gasteiger partial charge in [0.25, 0.3) is 0 Å². The molecular formula is C19H26N4O5. The highest BCUT2D eigenvalue weighted by Crippen LogP contribution is 2.55. The van der Waals surface area contributed by atoms with Gasteiger partial charge in [-0.25, -0.2) is 4.79 Å². The number of hydrogen-bond donors (Lipinski definition) is 3. The van der Waals surface area contributed by atoms with Gasteiger partial charge in [0.2, 0.25) is 11.6 Å². The van der Waals surface area contributed by atoms with Crippen LogP contribution in [0.2, 0.25) is 0 Å². The normalized spacial score (nSPS) is 33.8. The molecule has 9 nitrogen and oxygen atoms in total. The highest BCUT2D eigenvalue weighted by atomic mass is 16.6. The van der Waals surface area contributed by atoms with Crippen molar-refractivity contribution in [2.45, 2.75) is 51.0 Å². The number of ether oxygens (including phenoxy) is 2. The van der Waals surface area contributed by atoms with E-state index in [9.17, 15) is 14.4 Å². The standard InChI is InChI=1S/C19H26N4O5/c1-8-12(22-18(2,3)4)15(25)11-9(7-28-17(20)26)19(27-5)16-10(21-16)6-23(19)13(11)14(8)24/h9-10,16,21-22H,6-7H2,1-5H3,(H2,20,26)/t9-,10+,16+,19-/m1/s1. The largest absolute Gasteiger partial charge is 0.449 e. The smallest absolute Gasteiger partial charge is 0.404 e. The van der Waals surface area contributed by atoms with E-state index < -0.39 is 23.3 Å². The number of primary amides is 1. The minimum Gasteiger partial charge on any atom is -0.449 e. The minimum absolute atomic E-state index is 0.0514. The first-order valence-electron chi connectivity index (χ1n) is 9.36. The van der Waals surface area contributed by atoms with Crippen LogP contribution in [0.5, 0.6) is 0 Å². The molecule has 0 spiro atoms. The molecule has 0 bridgehead atoms. The summed E-state index contributed by atoms with van der Waals surface area (Å²) < 4.78 is 11.0. The summed E-state index contributed by atoms with van der Waals surface area (Å²) in [5, 5.41) is 6.50. The second-order valence-electron chi connectivity index (χ2n) is 8.80. The summed E-state index contributed by atoms with van der Waals surface area (Å²) in [5.74, 6) is -1.08. The molecule has 2 fully saturated rings. The van der Waals surface area contributed by atoms with Crippen molar-refractivity contribution in [1.82, 2.24) is 15.5 Å². The van der Waals surface area contributed by atoms with Gasteiger partial charge in [0.05, 0.1) is 23.4 Å². The fourth-order valence-corrected chi connectivity index (χ4v) is 4.82. The summed E-state index contributed by atoms with van der Waals surface area (Å²) >= 11 is 0. The van der Waals surface area contributed by atoms with Gasteiger partial charge < -0.3 is 30.7 Å². The van der Waals surface area contributed by atoms with Crippen LogP contribution in [0.15, 0.2) is 22.5 Å². The number of nitrogens with two attached hydrogens (primary N) is 1. The molecule has 4 atom stereocenters. The molecule has 4 aliphatic rings. The van der Waals surface area contributed by atoms with Crippen LogP contribution in [0.25, 0.3) is 0 Å². The van der Waals surface area contributed by atoms with Crippen LogP contribution in [0.4, 0.5) is 4.79 Å². The van der Waals surface area contributed by atoms with E-state index in [1.165, 1.54) is 0 Å². The minimum atomic E-state index is -0.951. The Morgan fingerprint density at radius 2 is 2.04 bits per heavy atom. The maximum atomic E-state index is 13.5. The molecule has 4 rings (SSSR count). The van der Waals surface area contributed by atoms with Crippen molar-refractivity contribution in [3.63, 3.8) is 0 Å². The first-order chi connectivity index (χ1) is 13.0. The molecule has 3 aliphatic heterocycles. The average molecular weight is 390 g/mol. The number of allylic oxidation sites excluding steroid dienone is 2. The van der Waals surface area contributed by atoms with Crippen molar-refractivity contribution in [3.8, 4) is 0 Å². The maximum Gasteiger partial charge on any atom is 0.404 e. The van der Waals surface area contributed by atoms with Gasteiger partial charge in [-0.3, -0.25) is 9.59 Å². The second-order valence-corrected chi connectivity index (χ2v) is 8.80. The zero-order valence-corrected chi connectivity index (χ0v) is 16.7. The van der Waals surface area contributed by atoms with Crippen LogP contribution in [-0.2, 0) is 19.1 Å². The Morgan fingerprint density at radius 1 is 1.36 bits per heavy atom. The molecule has 28 heavy (non-hydrogen) atoms. The number of hydrogen-bond acceptors (Lipinski definition) is 8. The van der Waals surface area contributed by atoms with E-state index in [1.54, 1.807) is 14.0 Å². The molecule has 0 unspecified atom stereocenters. The van der Waals surface area contributed by atoms with Gasteiger partial charge >= 0.3 is 6.09 Å². The molecule has 1 amide bonds. The van der Waals surface area contributed by atoms with E-state index >= 15 is 0 Å². The van der Waals surface area contributed by atoms with Gasteiger partial charge in [0.1, 0.15) is 6.61 Å². The highest BCUT2D eigenvalue weighted by molar-refractivity contribution is 6.25. The molecular weight excluding hydrogens is 364 g/mol. The number of ketones is 2. The molecule has 2 saturated heterocycles. The van der Waals surface area contributed by atoms with Gasteiger partial charge in [-0.15, -0.1) is 0 Å². The number of fused-ring (bicyclic) bond motifs is 4. The molecule has 3 heterocycles. The van der Waals surface area contributed by atoms with Crippen molar-refractivity contribution >= 4 is 17.7 Å². The summed E-state index contributed by atoms with van der Waals surface area (Å²) in [6.07, 6.45) is -0.931. The topological polar surface area (TPSA) is 133 Å². The van der Waals surface area contributed by atoms with Crippen LogP contribution in [0.3, 0.4) is 0 Å². The molecule has 1 aliphatic carbocycles. The fourth-order valence-electron chi connectivity index (χ4n) is 4.82. The van der Waals surface area contributed by atoms with Crippen molar-refractivity contribution in [2.24, 2.45) is 11.7 Å². The Balaban J connectivity index is 1.81. The van der Waals surface area contributed by atoms with Crippen LogP contribution < -0.4 is 16.4 Å². The van der Waals surface area contributed by atoms with E-state index in [-0.39, 0.29) is 36.0 Å². The Kier molecular flexibility index (Phi) is 3.93. The van der Waals surface area contributed by atoms with E-state index in [0.717, 1.165) is 0 Å². The monoisotopic (exact) mass is 390 g/mol. The summed E-state index contributed by atoms with van der Waals surface area (Å²) in [4.78, 5) is 40.0. The van der Waals surface area contributed by atoms with E-state index in [2.05, 4.69) is 10.6 Å². The van der Waals surface area contributed by atoms with Crippen molar-refractivity contribution < 1.29 is 23.9 Å². The maximum absolute atomic E-state index is 13.5. The number of rotatable bonds is 4. The van der Waals surface area contributed by atoms with Crippen LogP contribution in [-0.4, -0.2) is 66.2 Å². The van der Waals surface area contributed by atoms with Crippen LogP contribution in [0, 0.1) is 5.92 Å². The SMILES string of the molecule is CO[C@@]12[C@H](COC(N)=O)C3=C(C(=O)C(C)=C(NC(C)(C)C)C3=O)N1C[C@@H]1N[C@@H]12. The lowest BCUT2D eigenvalue weighted by Gasteiger charge is -2.39. The number of carbonyl (C=O) groups excluding carboxylic acids is 3. The molecule has 0 aromatic carbocycles. The van der Waals surface area contributed by atoms with E-state index in [0.29, 0.717) is 23.4 Å². The number of Topliss-reactive ketones (excluding diaryl/α,β-unsaturated/α-hetero) is 2. The number of methoxy groups -OCH3 is 1. The lowest BCUT2D eigenvalue weighted by molar-refractivity contribution is -0.137. The van der Waals surface area contributed by atoms with Crippen molar-refractivity contribution in [2.75, 3.05) is 20.3 Å². The van der Waals surface area contributed by atoms with Gasteiger partial charge in [-0.05, 0) is 27.7 Å². The van der Waals surface area contributed by atoms with Gasteiger partial charge in [-0.2, -0.15) is 0 Å². The zero-order valence-electron chi connectivity index (χ0n) is 16.7. The Labute approximate surface area is 163 Å². The average Bonchev–Trinajstić information content (AvgIpc) is 3.21. The summed E-state index contributed by atoms with van der Waals surface area (Å²) in [6.45, 7) is 7.85. The zero-order chi connectivity index (χ0) is 20.6. The molecule has 0 radical (unpaired) electrons. The molecule has 152 valence electrons. The summed E-state index contributed by atoms with van der Waals surface area (Å²) in [7, 11) is 1.55. The Morgan fingerprint density at radius 3 is 2.61 bits per heavy atom. The molecule has 4 N–H and O–H groups in total. The third kappa shape index (κ3) is 2.42. The molecule has 0 saturated carbocycles. The number of carbonyl (C=O) groups is 3. The van der Waals surface area contributed by atoms with E-state index in [4.69, 9.17) is 15.2 Å². The summed E-state index contributed by atoms with van der Waals surface area (Å²) in [6, 6.07) is 0.121. The first kappa shape index (κ1) is 18.9. The van der Waals surface area contributed by atoms with Gasteiger partial charge in [-0.1, -0.05) is 0 Å². The van der Waals surface area contributed by atoms with Crippen LogP contribution in [0.1, 0.15) is 27.7 Å². The summed E-state index contributed by atoms with van der Waals surface area (Å²) in [5.41, 5.74) is 5.18. The second kappa shape index (κ2) is 5.81. The molecule has 9 heteroatoms. The molecule has 0 aromatic rings.